The highest BCUT2D eigenvalue weighted by molar-refractivity contribution is 7.98. The van der Waals surface area contributed by atoms with Gasteiger partial charge >= 0.3 is 0 Å². The van der Waals surface area contributed by atoms with Gasteiger partial charge in [0.25, 0.3) is 0 Å². The maximum atomic E-state index is 11.5. The summed E-state index contributed by atoms with van der Waals surface area (Å²) >= 11 is 1.66. The number of carbonyl (C=O) groups excluding carboxylic acids is 1. The average molecular weight is 210 g/mol. The Balaban J connectivity index is 2.62. The lowest BCUT2D eigenvalue weighted by molar-refractivity contribution is 0.0783. The monoisotopic (exact) mass is 210 g/mol. The number of thioether (sulfide) groups is 1. The molecule has 0 heterocycles. The molecule has 0 fully saturated rings. The molecule has 0 aliphatic carbocycles. The molecule has 0 aromatic heterocycles. The minimum absolute atomic E-state index is 0.0412. The summed E-state index contributed by atoms with van der Waals surface area (Å²) in [4.78, 5) is 12.6. The first-order valence-corrected chi connectivity index (χ1v) is 5.75. The van der Waals surface area contributed by atoms with Crippen LogP contribution >= 0.6 is 11.8 Å². The minimum Gasteiger partial charge on any atom is -0.374 e. The summed E-state index contributed by atoms with van der Waals surface area (Å²) in [6.45, 7) is 2.63. The third-order valence-corrected chi connectivity index (χ3v) is 2.59. The molecular formula is C11H14O2S. The maximum absolute atomic E-state index is 11.5. The number of rotatable bonds is 5. The van der Waals surface area contributed by atoms with Crippen LogP contribution in [0.2, 0.25) is 0 Å². The fourth-order valence-electron chi connectivity index (χ4n) is 1.06. The second-order valence-corrected chi connectivity index (χ2v) is 3.67. The number of Topliss-reactive ketones (excluding diaryl/α,β-unsaturated/α-hetero) is 1. The van der Waals surface area contributed by atoms with Gasteiger partial charge in [-0.2, -0.15) is 0 Å². The van der Waals surface area contributed by atoms with E-state index in [0.29, 0.717) is 6.61 Å². The van der Waals surface area contributed by atoms with Crippen LogP contribution in [0.3, 0.4) is 0 Å². The summed E-state index contributed by atoms with van der Waals surface area (Å²) in [5, 5.41) is 0. The lowest BCUT2D eigenvalue weighted by Gasteiger charge is -2.01. The Kier molecular flexibility index (Phi) is 4.70. The van der Waals surface area contributed by atoms with Gasteiger partial charge in [0.1, 0.15) is 6.61 Å². The minimum atomic E-state index is 0.0412. The Bertz CT molecular complexity index is 293. The summed E-state index contributed by atoms with van der Waals surface area (Å²) < 4.78 is 5.05. The first-order chi connectivity index (χ1) is 6.77. The second kappa shape index (κ2) is 5.83. The quantitative estimate of drug-likeness (QED) is 0.552. The highest BCUT2D eigenvalue weighted by Crippen LogP contribution is 2.15. The number of hydrogen-bond acceptors (Lipinski definition) is 3. The molecule has 1 aromatic carbocycles. The van der Waals surface area contributed by atoms with Crippen LogP contribution in [-0.4, -0.2) is 25.3 Å². The molecule has 0 spiro atoms. The molecule has 0 unspecified atom stereocenters. The molecule has 0 radical (unpaired) electrons. The number of ketones is 1. The fraction of sp³-hybridized carbons (Fsp3) is 0.364. The van der Waals surface area contributed by atoms with Crippen LogP contribution in [0.1, 0.15) is 17.3 Å². The molecule has 0 amide bonds. The summed E-state index contributed by atoms with van der Waals surface area (Å²) in [6.07, 6.45) is 2.01. The third-order valence-electron chi connectivity index (χ3n) is 1.85. The summed E-state index contributed by atoms with van der Waals surface area (Å²) in [5.74, 6) is 0.0412. The van der Waals surface area contributed by atoms with Crippen LogP contribution in [-0.2, 0) is 4.74 Å². The van der Waals surface area contributed by atoms with Crippen molar-refractivity contribution in [1.82, 2.24) is 0 Å². The molecule has 1 aromatic rings. The van der Waals surface area contributed by atoms with E-state index in [-0.39, 0.29) is 12.4 Å². The van der Waals surface area contributed by atoms with E-state index in [9.17, 15) is 4.79 Å². The van der Waals surface area contributed by atoms with E-state index in [1.54, 1.807) is 11.8 Å². The van der Waals surface area contributed by atoms with Gasteiger partial charge in [0, 0.05) is 17.1 Å². The normalized spacial score (nSPS) is 10.1. The predicted octanol–water partition coefficient (Wildman–Crippen LogP) is 2.63. The van der Waals surface area contributed by atoms with Gasteiger partial charge in [-0.3, -0.25) is 4.79 Å². The Hall–Kier alpha value is -0.800. The van der Waals surface area contributed by atoms with Crippen LogP contribution in [0.15, 0.2) is 29.2 Å². The Morgan fingerprint density at radius 3 is 2.50 bits per heavy atom. The van der Waals surface area contributed by atoms with Gasteiger partial charge in [0.2, 0.25) is 0 Å². The van der Waals surface area contributed by atoms with Crippen LogP contribution in [0.5, 0.6) is 0 Å². The van der Waals surface area contributed by atoms with Crippen molar-refractivity contribution < 1.29 is 9.53 Å². The van der Waals surface area contributed by atoms with Gasteiger partial charge in [0.05, 0.1) is 0 Å². The highest BCUT2D eigenvalue weighted by Gasteiger charge is 2.04. The Labute approximate surface area is 88.7 Å². The summed E-state index contributed by atoms with van der Waals surface area (Å²) in [6, 6.07) is 7.58. The van der Waals surface area contributed by atoms with E-state index >= 15 is 0 Å². The van der Waals surface area contributed by atoms with E-state index in [2.05, 4.69) is 0 Å². The Morgan fingerprint density at radius 1 is 1.36 bits per heavy atom. The van der Waals surface area contributed by atoms with Gasteiger partial charge in [0.15, 0.2) is 5.78 Å². The van der Waals surface area contributed by atoms with Crippen LogP contribution < -0.4 is 0 Å². The van der Waals surface area contributed by atoms with E-state index in [1.807, 2.05) is 37.4 Å². The van der Waals surface area contributed by atoms with Crippen molar-refractivity contribution in [3.63, 3.8) is 0 Å². The zero-order valence-electron chi connectivity index (χ0n) is 8.45. The van der Waals surface area contributed by atoms with Crippen molar-refractivity contribution in [1.29, 1.82) is 0 Å². The topological polar surface area (TPSA) is 26.3 Å². The first-order valence-electron chi connectivity index (χ1n) is 4.53. The zero-order chi connectivity index (χ0) is 10.4. The summed E-state index contributed by atoms with van der Waals surface area (Å²) in [7, 11) is 0. The van der Waals surface area contributed by atoms with Crippen molar-refractivity contribution in [2.24, 2.45) is 0 Å². The second-order valence-electron chi connectivity index (χ2n) is 2.79. The van der Waals surface area contributed by atoms with E-state index in [4.69, 9.17) is 4.74 Å². The third kappa shape index (κ3) is 3.16. The smallest absolute Gasteiger partial charge is 0.188 e. The van der Waals surface area contributed by atoms with E-state index < -0.39 is 0 Å². The SMILES string of the molecule is CCOCC(=O)c1ccc(SC)cc1. The van der Waals surface area contributed by atoms with E-state index in [0.717, 1.165) is 10.5 Å². The number of ether oxygens (including phenoxy) is 1. The van der Waals surface area contributed by atoms with E-state index in [1.165, 1.54) is 0 Å². The van der Waals surface area contributed by atoms with Gasteiger partial charge in [-0.25, -0.2) is 0 Å². The van der Waals surface area contributed by atoms with Crippen molar-refractivity contribution in [3.8, 4) is 0 Å². The highest BCUT2D eigenvalue weighted by atomic mass is 32.2. The van der Waals surface area contributed by atoms with Gasteiger partial charge in [-0.05, 0) is 25.3 Å². The molecule has 2 nitrogen and oxygen atoms in total. The lowest BCUT2D eigenvalue weighted by atomic mass is 10.1. The van der Waals surface area contributed by atoms with Crippen LogP contribution in [0, 0.1) is 0 Å². The molecule has 3 heteroatoms. The number of hydrogen-bond donors (Lipinski definition) is 0. The zero-order valence-corrected chi connectivity index (χ0v) is 9.26. The standard InChI is InChI=1S/C11H14O2S/c1-3-13-8-11(12)9-4-6-10(14-2)7-5-9/h4-7H,3,8H2,1-2H3. The molecule has 14 heavy (non-hydrogen) atoms. The molecular weight excluding hydrogens is 196 g/mol. The Morgan fingerprint density at radius 2 is 2.00 bits per heavy atom. The predicted molar refractivity (Wildman–Crippen MR) is 59.0 cm³/mol. The number of benzene rings is 1. The first kappa shape index (κ1) is 11.3. The average Bonchev–Trinajstić information content (AvgIpc) is 2.26. The van der Waals surface area contributed by atoms with Gasteiger partial charge in [-0.1, -0.05) is 12.1 Å². The molecule has 0 N–H and O–H groups in total. The number of carbonyl (C=O) groups is 1. The molecule has 0 atom stereocenters. The van der Waals surface area contributed by atoms with Crippen LogP contribution in [0.25, 0.3) is 0 Å². The molecule has 0 saturated heterocycles. The maximum Gasteiger partial charge on any atom is 0.188 e. The molecule has 1 rings (SSSR count). The summed E-state index contributed by atoms with van der Waals surface area (Å²) in [5.41, 5.74) is 0.719. The fourth-order valence-corrected chi connectivity index (χ4v) is 1.46. The van der Waals surface area contributed by atoms with Crippen molar-refractivity contribution in [3.05, 3.63) is 29.8 Å². The lowest BCUT2D eigenvalue weighted by Crippen LogP contribution is -2.08. The molecule has 0 aliphatic rings. The molecule has 0 aliphatic heterocycles. The van der Waals surface area contributed by atoms with Crippen molar-refractivity contribution in [2.75, 3.05) is 19.5 Å². The molecule has 76 valence electrons. The molecule has 0 bridgehead atoms. The van der Waals surface area contributed by atoms with Gasteiger partial charge in [-0.15, -0.1) is 11.8 Å². The molecule has 0 saturated carbocycles. The van der Waals surface area contributed by atoms with Gasteiger partial charge < -0.3 is 4.74 Å². The van der Waals surface area contributed by atoms with Crippen molar-refractivity contribution >= 4 is 17.5 Å². The largest absolute Gasteiger partial charge is 0.374 e. The van der Waals surface area contributed by atoms with Crippen molar-refractivity contribution in [2.45, 2.75) is 11.8 Å². The van der Waals surface area contributed by atoms with Crippen LogP contribution in [0.4, 0.5) is 0 Å².